The molecule has 0 atom stereocenters. The van der Waals surface area contributed by atoms with Crippen LogP contribution in [0.4, 0.5) is 0 Å². The average molecular weight is 334 g/mol. The Morgan fingerprint density at radius 3 is 2.80 bits per heavy atom. The summed E-state index contributed by atoms with van der Waals surface area (Å²) in [5, 5.41) is 3.19. The highest BCUT2D eigenvalue weighted by Crippen LogP contribution is 2.39. The monoisotopic (exact) mass is 334 g/mol. The number of hydrogen-bond donors (Lipinski definition) is 1. The van der Waals surface area contributed by atoms with Crippen molar-refractivity contribution in [3.63, 3.8) is 0 Å². The van der Waals surface area contributed by atoms with Crippen molar-refractivity contribution in [2.45, 2.75) is 39.2 Å². The van der Waals surface area contributed by atoms with E-state index in [0.717, 1.165) is 17.0 Å². The lowest BCUT2D eigenvalue weighted by molar-refractivity contribution is 0.0905. The van der Waals surface area contributed by atoms with Gasteiger partial charge in [-0.1, -0.05) is 0 Å². The third-order valence-corrected chi connectivity index (χ3v) is 5.05. The average Bonchev–Trinajstić information content (AvgIpc) is 3.36. The molecule has 0 aliphatic heterocycles. The lowest BCUT2D eigenvalue weighted by atomic mass is 9.98. The molecule has 0 saturated heterocycles. The van der Waals surface area contributed by atoms with Gasteiger partial charge in [-0.3, -0.25) is 9.78 Å². The molecule has 1 fully saturated rings. The first kappa shape index (κ1) is 15.8. The van der Waals surface area contributed by atoms with Gasteiger partial charge in [-0.2, -0.15) is 0 Å². The van der Waals surface area contributed by atoms with Crippen LogP contribution in [0, 0.1) is 12.8 Å². The summed E-state index contributed by atoms with van der Waals surface area (Å²) < 4.78 is 1.96. The van der Waals surface area contributed by atoms with Crippen LogP contribution in [-0.2, 0) is 0 Å². The molecule has 25 heavy (non-hydrogen) atoms. The van der Waals surface area contributed by atoms with Crippen LogP contribution in [-0.4, -0.2) is 25.8 Å². The van der Waals surface area contributed by atoms with E-state index in [4.69, 9.17) is 4.98 Å². The maximum absolute atomic E-state index is 12.8. The van der Waals surface area contributed by atoms with Gasteiger partial charge >= 0.3 is 0 Å². The highest BCUT2D eigenvalue weighted by atomic mass is 16.1. The molecular weight excluding hydrogens is 312 g/mol. The van der Waals surface area contributed by atoms with E-state index in [0.29, 0.717) is 17.1 Å². The zero-order chi connectivity index (χ0) is 17.6. The van der Waals surface area contributed by atoms with Crippen molar-refractivity contribution in [2.24, 2.45) is 5.92 Å². The van der Waals surface area contributed by atoms with Crippen molar-refractivity contribution < 1.29 is 4.79 Å². The minimum Gasteiger partial charge on any atom is -0.347 e. The molecule has 5 nitrogen and oxygen atoms in total. The number of hydrogen-bond acceptors (Lipinski definition) is 3. The Morgan fingerprint density at radius 1 is 1.32 bits per heavy atom. The van der Waals surface area contributed by atoms with Crippen molar-refractivity contribution in [1.82, 2.24) is 19.7 Å². The van der Waals surface area contributed by atoms with Gasteiger partial charge in [0.15, 0.2) is 0 Å². The first-order chi connectivity index (χ1) is 12.0. The number of aromatic nitrogens is 3. The molecule has 1 aliphatic rings. The smallest absolute Gasteiger partial charge is 0.255 e. The molecule has 0 aromatic carbocycles. The van der Waals surface area contributed by atoms with Crippen molar-refractivity contribution >= 4 is 11.6 Å². The second-order valence-electron chi connectivity index (χ2n) is 7.40. The number of nitrogens with zero attached hydrogens (tertiary/aromatic N) is 3. The second kappa shape index (κ2) is 5.69. The molecule has 4 rings (SSSR count). The predicted molar refractivity (Wildman–Crippen MR) is 97.4 cm³/mol. The van der Waals surface area contributed by atoms with E-state index in [2.05, 4.69) is 24.1 Å². The van der Waals surface area contributed by atoms with Gasteiger partial charge in [0.25, 0.3) is 5.91 Å². The van der Waals surface area contributed by atoms with Gasteiger partial charge in [0, 0.05) is 35.4 Å². The van der Waals surface area contributed by atoms with E-state index in [9.17, 15) is 4.79 Å². The number of fused-ring (bicyclic) bond motifs is 1. The fourth-order valence-electron chi connectivity index (χ4n) is 3.34. The Balaban J connectivity index is 1.75. The van der Waals surface area contributed by atoms with E-state index in [-0.39, 0.29) is 11.4 Å². The summed E-state index contributed by atoms with van der Waals surface area (Å²) in [6, 6.07) is 7.73. The summed E-state index contributed by atoms with van der Waals surface area (Å²) in [6.45, 7) is 6.21. The zero-order valence-electron chi connectivity index (χ0n) is 14.8. The summed E-state index contributed by atoms with van der Waals surface area (Å²) in [7, 11) is 0. The standard InChI is InChI=1S/C20H22N4O/c1-13-11-17(14-5-4-9-21-12-14)22-18-16(8-10-24(13)18)19(25)23-20(2,3)15-6-7-15/h4-5,8-12,15H,6-7H2,1-3H3,(H,23,25). The highest BCUT2D eigenvalue weighted by Gasteiger charge is 2.39. The number of nitrogens with one attached hydrogen (secondary N) is 1. The number of carbonyl (C=O) groups excluding carboxylic acids is 1. The third-order valence-electron chi connectivity index (χ3n) is 5.05. The Bertz CT molecular complexity index is 939. The minimum atomic E-state index is -0.179. The van der Waals surface area contributed by atoms with E-state index in [1.54, 1.807) is 12.4 Å². The van der Waals surface area contributed by atoms with Gasteiger partial charge in [0.1, 0.15) is 5.65 Å². The summed E-state index contributed by atoms with van der Waals surface area (Å²) in [5.41, 5.74) is 3.92. The number of pyridine rings is 1. The van der Waals surface area contributed by atoms with Crippen molar-refractivity contribution in [2.75, 3.05) is 0 Å². The van der Waals surface area contributed by atoms with Gasteiger partial charge in [0.2, 0.25) is 0 Å². The fraction of sp³-hybridized carbons (Fsp3) is 0.350. The Kier molecular flexibility index (Phi) is 3.60. The van der Waals surface area contributed by atoms with Crippen molar-refractivity contribution in [1.29, 1.82) is 0 Å². The molecule has 0 bridgehead atoms. The molecule has 0 spiro atoms. The summed E-state index contributed by atoms with van der Waals surface area (Å²) in [6.07, 6.45) is 7.81. The normalized spacial score (nSPS) is 14.7. The maximum atomic E-state index is 12.8. The third kappa shape index (κ3) is 2.90. The van der Waals surface area contributed by atoms with Gasteiger partial charge in [-0.25, -0.2) is 4.98 Å². The van der Waals surface area contributed by atoms with Crippen LogP contribution in [0.15, 0.2) is 42.9 Å². The molecule has 128 valence electrons. The van der Waals surface area contributed by atoms with E-state index in [1.165, 1.54) is 12.8 Å². The molecule has 5 heteroatoms. The van der Waals surface area contributed by atoms with E-state index >= 15 is 0 Å². The molecule has 3 aromatic rings. The molecule has 3 aromatic heterocycles. The molecule has 0 unspecified atom stereocenters. The minimum absolute atomic E-state index is 0.0605. The lowest BCUT2D eigenvalue weighted by Crippen LogP contribution is -2.45. The largest absolute Gasteiger partial charge is 0.347 e. The topological polar surface area (TPSA) is 59.3 Å². The predicted octanol–water partition coefficient (Wildman–Crippen LogP) is 3.62. The first-order valence-corrected chi connectivity index (χ1v) is 8.67. The van der Waals surface area contributed by atoms with Crippen LogP contribution >= 0.6 is 0 Å². The molecule has 3 heterocycles. The molecule has 1 N–H and O–H groups in total. The molecule has 1 amide bonds. The van der Waals surface area contributed by atoms with Crippen LogP contribution in [0.1, 0.15) is 42.7 Å². The van der Waals surface area contributed by atoms with Gasteiger partial charge in [-0.15, -0.1) is 0 Å². The fourth-order valence-corrected chi connectivity index (χ4v) is 3.34. The molecule has 1 saturated carbocycles. The second-order valence-corrected chi connectivity index (χ2v) is 7.40. The van der Waals surface area contributed by atoms with Gasteiger partial charge in [-0.05, 0) is 63.8 Å². The summed E-state index contributed by atoms with van der Waals surface area (Å²) in [5.74, 6) is 0.514. The number of amides is 1. The molecule has 1 aliphatic carbocycles. The van der Waals surface area contributed by atoms with E-state index in [1.807, 2.05) is 41.8 Å². The molecule has 0 radical (unpaired) electrons. The number of carbonyl (C=O) groups is 1. The first-order valence-electron chi connectivity index (χ1n) is 8.67. The van der Waals surface area contributed by atoms with Crippen LogP contribution in [0.2, 0.25) is 0 Å². The number of aryl methyl sites for hydroxylation is 1. The lowest BCUT2D eigenvalue weighted by Gasteiger charge is -2.26. The Hall–Kier alpha value is -2.69. The summed E-state index contributed by atoms with van der Waals surface area (Å²) in [4.78, 5) is 21.8. The van der Waals surface area contributed by atoms with Crippen LogP contribution in [0.25, 0.3) is 16.9 Å². The van der Waals surface area contributed by atoms with Crippen LogP contribution in [0.3, 0.4) is 0 Å². The molecular formula is C20H22N4O. The van der Waals surface area contributed by atoms with Gasteiger partial charge < -0.3 is 9.72 Å². The quantitative estimate of drug-likeness (QED) is 0.793. The Labute approximate surface area is 147 Å². The van der Waals surface area contributed by atoms with Crippen LogP contribution < -0.4 is 5.32 Å². The van der Waals surface area contributed by atoms with Gasteiger partial charge in [0.05, 0.1) is 11.3 Å². The van der Waals surface area contributed by atoms with E-state index < -0.39 is 0 Å². The van der Waals surface area contributed by atoms with Crippen LogP contribution in [0.5, 0.6) is 0 Å². The SMILES string of the molecule is Cc1cc(-c2cccnc2)nc2c(C(=O)NC(C)(C)C3CC3)ccn12. The highest BCUT2D eigenvalue weighted by molar-refractivity contribution is 6.00. The number of rotatable bonds is 4. The Morgan fingerprint density at radius 2 is 2.12 bits per heavy atom. The van der Waals surface area contributed by atoms with Crippen molar-refractivity contribution in [3.05, 3.63) is 54.1 Å². The summed E-state index contributed by atoms with van der Waals surface area (Å²) >= 11 is 0. The van der Waals surface area contributed by atoms with Crippen molar-refractivity contribution in [3.8, 4) is 11.3 Å². The maximum Gasteiger partial charge on any atom is 0.255 e. The zero-order valence-corrected chi connectivity index (χ0v) is 14.8.